The zero-order chi connectivity index (χ0) is 8.10. The molecule has 56 valence electrons. The minimum absolute atomic E-state index is 0.668. The van der Waals surface area contributed by atoms with Gasteiger partial charge in [-0.05, 0) is 11.1 Å². The van der Waals surface area contributed by atoms with Crippen LogP contribution < -0.4 is 0 Å². The van der Waals surface area contributed by atoms with Crippen LogP contribution in [0.25, 0.3) is 10.4 Å². The first-order valence-corrected chi connectivity index (χ1v) is 4.59. The fourth-order valence-electron chi connectivity index (χ4n) is 0.703. The average molecular weight is 259 g/mol. The highest BCUT2D eigenvalue weighted by Gasteiger charge is 1.88. The van der Waals surface area contributed by atoms with Gasteiger partial charge in [0.05, 0.1) is 0 Å². The van der Waals surface area contributed by atoms with E-state index in [2.05, 4.69) is 32.6 Å². The molecule has 0 aliphatic heterocycles. The summed E-state index contributed by atoms with van der Waals surface area (Å²) in [6, 6.07) is 7.54. The summed E-state index contributed by atoms with van der Waals surface area (Å²) in [4.78, 5) is 2.68. The molecule has 1 aromatic rings. The zero-order valence-electron chi connectivity index (χ0n) is 5.74. The van der Waals surface area contributed by atoms with Crippen LogP contribution in [-0.4, -0.2) is 0 Å². The van der Waals surface area contributed by atoms with Crippen LogP contribution in [0.3, 0.4) is 0 Å². The van der Waals surface area contributed by atoms with E-state index in [0.717, 1.165) is 4.43 Å². The molecule has 0 atom stereocenters. The molecule has 1 rings (SSSR count). The molecular formula is C7H6IN3. The molecular weight excluding hydrogens is 253 g/mol. The second kappa shape index (κ2) is 4.20. The molecule has 0 amide bonds. The predicted octanol–water partition coefficient (Wildman–Crippen LogP) is 3.56. The topological polar surface area (TPSA) is 48.8 Å². The van der Waals surface area contributed by atoms with E-state index in [1.807, 2.05) is 24.3 Å². The van der Waals surface area contributed by atoms with E-state index >= 15 is 0 Å². The summed E-state index contributed by atoms with van der Waals surface area (Å²) >= 11 is 2.28. The van der Waals surface area contributed by atoms with Crippen molar-refractivity contribution in [1.82, 2.24) is 0 Å². The van der Waals surface area contributed by atoms with Crippen LogP contribution in [0.1, 0.15) is 5.56 Å². The fraction of sp³-hybridized carbons (Fsp3) is 0.143. The minimum atomic E-state index is 0.668. The van der Waals surface area contributed by atoms with Crippen molar-refractivity contribution in [1.29, 1.82) is 0 Å². The number of benzene rings is 1. The van der Waals surface area contributed by atoms with Crippen molar-refractivity contribution in [2.75, 3.05) is 0 Å². The van der Waals surface area contributed by atoms with Gasteiger partial charge in [0.15, 0.2) is 0 Å². The molecule has 0 heterocycles. The van der Waals surface area contributed by atoms with Crippen LogP contribution in [-0.2, 0) is 4.43 Å². The molecule has 11 heavy (non-hydrogen) atoms. The number of hydrogen-bond donors (Lipinski definition) is 0. The van der Waals surface area contributed by atoms with Crippen LogP contribution in [0.5, 0.6) is 0 Å². The maximum atomic E-state index is 8.10. The summed E-state index contributed by atoms with van der Waals surface area (Å²) < 4.78 is 0.980. The lowest BCUT2D eigenvalue weighted by Gasteiger charge is -1.93. The lowest BCUT2D eigenvalue weighted by Crippen LogP contribution is -1.72. The fourth-order valence-corrected chi connectivity index (χ4v) is 1.21. The first kappa shape index (κ1) is 8.36. The highest BCUT2D eigenvalue weighted by atomic mass is 127. The smallest absolute Gasteiger partial charge is 0.0375 e. The van der Waals surface area contributed by atoms with Gasteiger partial charge < -0.3 is 0 Å². The van der Waals surface area contributed by atoms with E-state index in [4.69, 9.17) is 5.53 Å². The molecule has 3 nitrogen and oxygen atoms in total. The second-order valence-electron chi connectivity index (χ2n) is 1.99. The molecule has 0 spiro atoms. The van der Waals surface area contributed by atoms with Crippen molar-refractivity contribution >= 4 is 28.3 Å². The van der Waals surface area contributed by atoms with Gasteiger partial charge in [0.2, 0.25) is 0 Å². The van der Waals surface area contributed by atoms with Crippen LogP contribution in [0.2, 0.25) is 0 Å². The predicted molar refractivity (Wildman–Crippen MR) is 53.0 cm³/mol. The Bertz CT molecular complexity index is 274. The van der Waals surface area contributed by atoms with Gasteiger partial charge in [-0.1, -0.05) is 52.0 Å². The summed E-state index contributed by atoms with van der Waals surface area (Å²) in [5.74, 6) is 0. The molecule has 0 aliphatic carbocycles. The van der Waals surface area contributed by atoms with E-state index in [1.165, 1.54) is 5.56 Å². The van der Waals surface area contributed by atoms with Crippen LogP contribution >= 0.6 is 22.6 Å². The number of azide groups is 1. The molecule has 0 aromatic heterocycles. The van der Waals surface area contributed by atoms with Gasteiger partial charge in [-0.25, -0.2) is 0 Å². The number of rotatable bonds is 2. The van der Waals surface area contributed by atoms with Gasteiger partial charge in [-0.2, -0.15) is 0 Å². The molecule has 0 N–H and O–H groups in total. The van der Waals surface area contributed by atoms with Crippen molar-refractivity contribution in [2.45, 2.75) is 4.43 Å². The van der Waals surface area contributed by atoms with Gasteiger partial charge in [-0.15, -0.1) is 0 Å². The standard InChI is InChI=1S/C7H6IN3/c8-5-6-1-3-7(4-2-6)10-11-9/h1-4H,5H2. The number of hydrogen-bond acceptors (Lipinski definition) is 1. The van der Waals surface area contributed by atoms with Gasteiger partial charge in [0.1, 0.15) is 0 Å². The lowest BCUT2D eigenvalue weighted by atomic mass is 10.2. The number of nitrogens with zero attached hydrogens (tertiary/aromatic N) is 3. The van der Waals surface area contributed by atoms with Gasteiger partial charge in [-0.3, -0.25) is 0 Å². The Balaban J connectivity index is 2.91. The first-order valence-electron chi connectivity index (χ1n) is 3.07. The molecule has 1 aromatic carbocycles. The zero-order valence-corrected chi connectivity index (χ0v) is 7.89. The van der Waals surface area contributed by atoms with Crippen molar-refractivity contribution in [3.05, 3.63) is 40.3 Å². The Morgan fingerprint density at radius 3 is 2.45 bits per heavy atom. The summed E-state index contributed by atoms with van der Waals surface area (Å²) in [6.07, 6.45) is 0. The van der Waals surface area contributed by atoms with Crippen molar-refractivity contribution < 1.29 is 0 Å². The normalized spacial score (nSPS) is 8.82. The van der Waals surface area contributed by atoms with Crippen molar-refractivity contribution in [3.8, 4) is 0 Å². The Hall–Kier alpha value is -0.740. The Morgan fingerprint density at radius 2 is 2.00 bits per heavy atom. The van der Waals surface area contributed by atoms with Crippen LogP contribution in [0, 0.1) is 0 Å². The molecule has 0 radical (unpaired) electrons. The van der Waals surface area contributed by atoms with E-state index in [-0.39, 0.29) is 0 Å². The van der Waals surface area contributed by atoms with Gasteiger partial charge >= 0.3 is 0 Å². The molecule has 0 unspecified atom stereocenters. The van der Waals surface area contributed by atoms with E-state index < -0.39 is 0 Å². The minimum Gasteiger partial charge on any atom is -0.0812 e. The second-order valence-corrected chi connectivity index (χ2v) is 2.75. The van der Waals surface area contributed by atoms with E-state index in [9.17, 15) is 0 Å². The third-order valence-electron chi connectivity index (χ3n) is 1.25. The maximum Gasteiger partial charge on any atom is 0.0375 e. The Morgan fingerprint density at radius 1 is 1.36 bits per heavy atom. The Kier molecular flexibility index (Phi) is 3.19. The third-order valence-corrected chi connectivity index (χ3v) is 2.13. The molecule has 0 saturated carbocycles. The lowest BCUT2D eigenvalue weighted by molar-refractivity contribution is 1.41. The number of alkyl halides is 1. The Labute approximate surface area is 78.2 Å². The largest absolute Gasteiger partial charge is 0.0812 e. The average Bonchev–Trinajstić information content (AvgIpc) is 2.07. The van der Waals surface area contributed by atoms with E-state index in [1.54, 1.807) is 0 Å². The highest BCUT2D eigenvalue weighted by Crippen LogP contribution is 2.14. The highest BCUT2D eigenvalue weighted by molar-refractivity contribution is 14.1. The molecule has 4 heteroatoms. The summed E-state index contributed by atoms with van der Waals surface area (Å²) in [6.45, 7) is 0. The SMILES string of the molecule is [N-]=[N+]=Nc1ccc(CI)cc1. The summed E-state index contributed by atoms with van der Waals surface area (Å²) in [7, 11) is 0. The van der Waals surface area contributed by atoms with Crippen molar-refractivity contribution in [2.24, 2.45) is 5.11 Å². The monoisotopic (exact) mass is 259 g/mol. The number of halogens is 1. The van der Waals surface area contributed by atoms with E-state index in [0.29, 0.717) is 5.69 Å². The summed E-state index contributed by atoms with van der Waals surface area (Å²) in [5, 5.41) is 3.46. The van der Waals surface area contributed by atoms with Crippen molar-refractivity contribution in [3.63, 3.8) is 0 Å². The summed E-state index contributed by atoms with van der Waals surface area (Å²) in [5.41, 5.74) is 10.0. The first-order chi connectivity index (χ1) is 5.36. The quantitative estimate of drug-likeness (QED) is 0.256. The molecule has 0 aliphatic rings. The third kappa shape index (κ3) is 2.40. The molecule has 0 saturated heterocycles. The maximum absolute atomic E-state index is 8.10. The molecule has 0 bridgehead atoms. The van der Waals surface area contributed by atoms with Crippen LogP contribution in [0.4, 0.5) is 5.69 Å². The van der Waals surface area contributed by atoms with Crippen LogP contribution in [0.15, 0.2) is 29.4 Å². The van der Waals surface area contributed by atoms with Gasteiger partial charge in [0.25, 0.3) is 0 Å². The molecule has 0 fully saturated rings. The van der Waals surface area contributed by atoms with Gasteiger partial charge in [0, 0.05) is 15.0 Å².